The second-order valence-corrected chi connectivity index (χ2v) is 14.8. The molecule has 0 nitrogen and oxygen atoms in total. The van der Waals surface area contributed by atoms with E-state index in [1.165, 1.54) is 0 Å². The lowest BCUT2D eigenvalue weighted by molar-refractivity contribution is 1.12. The molecule has 0 heterocycles. The van der Waals surface area contributed by atoms with E-state index in [1.807, 2.05) is 0 Å². The van der Waals surface area contributed by atoms with E-state index in [0.29, 0.717) is 10.5 Å². The van der Waals surface area contributed by atoms with Crippen molar-refractivity contribution in [2.75, 3.05) is 37.5 Å². The van der Waals surface area contributed by atoms with Gasteiger partial charge in [-0.1, -0.05) is 23.8 Å². The molecule has 1 aliphatic carbocycles. The molecule has 0 bridgehead atoms. The Morgan fingerprint density at radius 3 is 1.73 bits per heavy atom. The van der Waals surface area contributed by atoms with Crippen molar-refractivity contribution >= 4 is 20.1 Å². The van der Waals surface area contributed by atoms with Gasteiger partial charge in [-0.2, -0.15) is 0 Å². The first-order valence-electron chi connectivity index (χ1n) is 5.33. The Bertz CT molecular complexity index is 287. The fourth-order valence-electron chi connectivity index (χ4n) is 2.00. The molecule has 0 saturated carbocycles. The summed E-state index contributed by atoms with van der Waals surface area (Å²) in [6.07, 6.45) is 21.8. The van der Waals surface area contributed by atoms with Crippen molar-refractivity contribution in [2.45, 2.75) is 17.4 Å². The van der Waals surface area contributed by atoms with Gasteiger partial charge in [0.05, 0.1) is 0 Å². The van der Waals surface area contributed by atoms with E-state index < -0.39 is 20.1 Å². The molecule has 2 heteroatoms. The van der Waals surface area contributed by atoms with Gasteiger partial charge in [0, 0.05) is 10.5 Å². The second-order valence-electron chi connectivity index (χ2n) is 6.04. The van der Waals surface area contributed by atoms with Crippen molar-refractivity contribution in [1.82, 2.24) is 0 Å². The molecule has 0 aliphatic heterocycles. The Hall–Kier alpha value is 0.180. The van der Waals surface area contributed by atoms with Crippen molar-refractivity contribution in [3.05, 3.63) is 23.8 Å². The molecule has 0 amide bonds. The van der Waals surface area contributed by atoms with Gasteiger partial charge in [-0.15, -0.1) is 0 Å². The van der Waals surface area contributed by atoms with Crippen LogP contribution in [0, 0.1) is 0 Å². The minimum Gasteiger partial charge on any atom is -0.240 e. The van der Waals surface area contributed by atoms with Crippen LogP contribution in [-0.2, 0) is 0 Å². The third-order valence-electron chi connectivity index (χ3n) is 2.93. The van der Waals surface area contributed by atoms with Crippen LogP contribution in [0.4, 0.5) is 0 Å². The first-order chi connectivity index (χ1) is 6.62. The molecular weight excluding hydrogens is 220 g/mol. The van der Waals surface area contributed by atoms with E-state index in [0.717, 1.165) is 0 Å². The summed E-state index contributed by atoms with van der Waals surface area (Å²) in [5.74, 6) is 0. The highest BCUT2D eigenvalue weighted by Crippen LogP contribution is 2.50. The first kappa shape index (κ1) is 13.2. The zero-order valence-electron chi connectivity index (χ0n) is 11.2. The van der Waals surface area contributed by atoms with Gasteiger partial charge in [0.2, 0.25) is 0 Å². The van der Waals surface area contributed by atoms with E-state index in [9.17, 15) is 0 Å². The van der Waals surface area contributed by atoms with Crippen molar-refractivity contribution in [1.29, 1.82) is 0 Å². The fraction of sp³-hybridized carbons (Fsp3) is 0.692. The van der Waals surface area contributed by atoms with Crippen LogP contribution >= 0.6 is 20.1 Å². The molecular formula is C13H26S2. The average molecular weight is 246 g/mol. The van der Waals surface area contributed by atoms with Crippen LogP contribution in [0.3, 0.4) is 0 Å². The van der Waals surface area contributed by atoms with Gasteiger partial charge in [0.25, 0.3) is 0 Å². The standard InChI is InChI=1S/C13H26S2/c1-11-10-12(14(2,3)4)8-9-13(11)15(5,6)7/h8-10,12-13H,1-7H3. The van der Waals surface area contributed by atoms with Crippen LogP contribution in [0.1, 0.15) is 6.92 Å². The van der Waals surface area contributed by atoms with Gasteiger partial charge >= 0.3 is 0 Å². The third kappa shape index (κ3) is 3.32. The average Bonchev–Trinajstić information content (AvgIpc) is 1.99. The number of hydrogen-bond acceptors (Lipinski definition) is 0. The predicted octanol–water partition coefficient (Wildman–Crippen LogP) is 3.63. The summed E-state index contributed by atoms with van der Waals surface area (Å²) in [6, 6.07) is 0. The molecule has 1 aliphatic rings. The van der Waals surface area contributed by atoms with E-state index in [1.54, 1.807) is 5.57 Å². The molecule has 0 saturated heterocycles. The largest absolute Gasteiger partial charge is 0.240 e. The molecule has 0 radical (unpaired) electrons. The summed E-state index contributed by atoms with van der Waals surface area (Å²) in [7, 11) is -0.971. The number of hydrogen-bond donors (Lipinski definition) is 0. The van der Waals surface area contributed by atoms with Crippen molar-refractivity contribution in [3.63, 3.8) is 0 Å². The molecule has 0 spiro atoms. The lowest BCUT2D eigenvalue weighted by atomic mass is 10.1. The van der Waals surface area contributed by atoms with Crippen LogP contribution in [0.15, 0.2) is 23.8 Å². The summed E-state index contributed by atoms with van der Waals surface area (Å²) >= 11 is 0. The second kappa shape index (κ2) is 4.21. The van der Waals surface area contributed by atoms with Gasteiger partial charge in [0.1, 0.15) is 0 Å². The summed E-state index contributed by atoms with van der Waals surface area (Å²) in [5.41, 5.74) is 1.59. The summed E-state index contributed by atoms with van der Waals surface area (Å²) < 4.78 is 0. The zero-order chi connectivity index (χ0) is 11.9. The molecule has 15 heavy (non-hydrogen) atoms. The Labute approximate surface area is 98.9 Å². The summed E-state index contributed by atoms with van der Waals surface area (Å²) in [4.78, 5) is 0. The zero-order valence-corrected chi connectivity index (χ0v) is 12.8. The van der Waals surface area contributed by atoms with Gasteiger partial charge in [0.15, 0.2) is 0 Å². The topological polar surface area (TPSA) is 0 Å². The lowest BCUT2D eigenvalue weighted by Gasteiger charge is -2.41. The van der Waals surface area contributed by atoms with Crippen LogP contribution in [0.25, 0.3) is 0 Å². The van der Waals surface area contributed by atoms with Crippen LogP contribution < -0.4 is 0 Å². The third-order valence-corrected chi connectivity index (χ3v) is 6.91. The Morgan fingerprint density at radius 1 is 0.867 bits per heavy atom. The van der Waals surface area contributed by atoms with Crippen LogP contribution in [-0.4, -0.2) is 48.0 Å². The monoisotopic (exact) mass is 246 g/mol. The lowest BCUT2D eigenvalue weighted by Crippen LogP contribution is -2.22. The summed E-state index contributed by atoms with van der Waals surface area (Å²) in [5, 5.41) is 1.39. The maximum atomic E-state index is 2.51. The Balaban J connectivity index is 2.90. The molecule has 2 unspecified atom stereocenters. The first-order valence-corrected chi connectivity index (χ1v) is 11.2. The minimum absolute atomic E-state index is 0.482. The van der Waals surface area contributed by atoms with E-state index in [4.69, 9.17) is 0 Å². The molecule has 0 aromatic heterocycles. The Kier molecular flexibility index (Phi) is 3.72. The molecule has 0 aromatic rings. The highest BCUT2D eigenvalue weighted by atomic mass is 32.3. The molecule has 1 rings (SSSR count). The molecule has 0 aromatic carbocycles. The molecule has 2 atom stereocenters. The molecule has 0 N–H and O–H groups in total. The van der Waals surface area contributed by atoms with Gasteiger partial charge in [-0.25, -0.2) is 20.1 Å². The van der Waals surface area contributed by atoms with E-state index >= 15 is 0 Å². The van der Waals surface area contributed by atoms with Crippen molar-refractivity contribution in [3.8, 4) is 0 Å². The maximum Gasteiger partial charge on any atom is 0.0272 e. The van der Waals surface area contributed by atoms with Crippen LogP contribution in [0.2, 0.25) is 0 Å². The van der Waals surface area contributed by atoms with Crippen LogP contribution in [0.5, 0.6) is 0 Å². The Morgan fingerprint density at radius 2 is 1.40 bits per heavy atom. The summed E-state index contributed by atoms with van der Waals surface area (Å²) in [6.45, 7) is 2.31. The SMILES string of the molecule is CC1=CC(S(C)(C)C)C=CC1S(C)(C)C. The van der Waals surface area contributed by atoms with Gasteiger partial charge in [-0.05, 0) is 44.5 Å². The predicted molar refractivity (Wildman–Crippen MR) is 81.2 cm³/mol. The van der Waals surface area contributed by atoms with E-state index in [2.05, 4.69) is 62.7 Å². The fourth-order valence-corrected chi connectivity index (χ4v) is 4.95. The minimum atomic E-state index is -0.490. The van der Waals surface area contributed by atoms with Crippen molar-refractivity contribution < 1.29 is 0 Å². The van der Waals surface area contributed by atoms with Gasteiger partial charge < -0.3 is 0 Å². The smallest absolute Gasteiger partial charge is 0.0272 e. The molecule has 90 valence electrons. The maximum absolute atomic E-state index is 2.51. The van der Waals surface area contributed by atoms with Crippen molar-refractivity contribution in [2.24, 2.45) is 0 Å². The number of rotatable bonds is 2. The molecule has 0 fully saturated rings. The van der Waals surface area contributed by atoms with Gasteiger partial charge in [-0.3, -0.25) is 0 Å². The quantitative estimate of drug-likeness (QED) is 0.653. The van der Waals surface area contributed by atoms with E-state index in [-0.39, 0.29) is 0 Å². The highest BCUT2D eigenvalue weighted by Gasteiger charge is 2.25. The normalized spacial score (nSPS) is 29.9. The highest BCUT2D eigenvalue weighted by molar-refractivity contribution is 8.33.